The molecule has 5 nitrogen and oxygen atoms in total. The fourth-order valence-electron chi connectivity index (χ4n) is 5.02. The number of aryl methyl sites for hydroxylation is 1. The molecule has 2 aromatic heterocycles. The van der Waals surface area contributed by atoms with Gasteiger partial charge in [-0.25, -0.2) is 9.97 Å². The van der Waals surface area contributed by atoms with Crippen molar-refractivity contribution in [2.24, 2.45) is 18.0 Å². The van der Waals surface area contributed by atoms with E-state index in [1.807, 2.05) is 18.7 Å². The Hall–Kier alpha value is -3.73. The molecule has 0 saturated carbocycles. The van der Waals surface area contributed by atoms with Crippen molar-refractivity contribution in [2.75, 3.05) is 0 Å². The van der Waals surface area contributed by atoms with Crippen LogP contribution in [0.25, 0.3) is 49.4 Å². The van der Waals surface area contributed by atoms with Gasteiger partial charge >= 0.3 is 0 Å². The first-order chi connectivity index (χ1) is 16.4. The quantitative estimate of drug-likeness (QED) is 0.295. The number of aliphatic imine (C=N–C) groups is 1. The molecule has 3 aromatic carbocycles. The zero-order valence-corrected chi connectivity index (χ0v) is 20.3. The van der Waals surface area contributed by atoms with Gasteiger partial charge < -0.3 is 9.55 Å². The van der Waals surface area contributed by atoms with Gasteiger partial charge in [0.25, 0.3) is 0 Å². The molecule has 0 aliphatic carbocycles. The average molecular weight is 448 g/mol. The van der Waals surface area contributed by atoms with Crippen LogP contribution in [0.2, 0.25) is 0 Å². The van der Waals surface area contributed by atoms with Crippen LogP contribution in [0, 0.1) is 5.92 Å². The lowest BCUT2D eigenvalue weighted by Gasteiger charge is -2.12. The maximum absolute atomic E-state index is 4.83. The van der Waals surface area contributed by atoms with Crippen molar-refractivity contribution in [2.45, 2.75) is 40.0 Å². The van der Waals surface area contributed by atoms with Crippen molar-refractivity contribution < 1.29 is 0 Å². The Bertz CT molecular complexity index is 1640. The Morgan fingerprint density at radius 3 is 2.29 bits per heavy atom. The van der Waals surface area contributed by atoms with Gasteiger partial charge in [0.05, 0.1) is 29.3 Å². The molecule has 0 atom stereocenters. The number of hydrogen-bond acceptors (Lipinski definition) is 3. The maximum Gasteiger partial charge on any atom is 0.109 e. The molecule has 170 valence electrons. The SMILES string of the molecule is CC(C)C1=NC=C(c2ccc3c4ccc(-c5cnc(C(C)C)[nH]5)cc4c4c(ncn4C)c3c2)C1. The maximum atomic E-state index is 4.83. The summed E-state index contributed by atoms with van der Waals surface area (Å²) in [7, 11) is 2.08. The number of fused-ring (bicyclic) bond motifs is 6. The Kier molecular flexibility index (Phi) is 4.70. The summed E-state index contributed by atoms with van der Waals surface area (Å²) in [5, 5.41) is 4.87. The largest absolute Gasteiger partial charge is 0.342 e. The van der Waals surface area contributed by atoms with Gasteiger partial charge in [-0.3, -0.25) is 4.99 Å². The molecule has 0 bridgehead atoms. The highest BCUT2D eigenvalue weighted by Gasteiger charge is 2.18. The van der Waals surface area contributed by atoms with Gasteiger partial charge in [-0.1, -0.05) is 52.0 Å². The fraction of sp³-hybridized carbons (Fsp3) is 0.276. The minimum atomic E-state index is 0.369. The Morgan fingerprint density at radius 1 is 0.853 bits per heavy atom. The van der Waals surface area contributed by atoms with Gasteiger partial charge in [0, 0.05) is 47.6 Å². The van der Waals surface area contributed by atoms with Crippen LogP contribution >= 0.6 is 0 Å². The van der Waals surface area contributed by atoms with E-state index >= 15 is 0 Å². The monoisotopic (exact) mass is 447 g/mol. The van der Waals surface area contributed by atoms with E-state index in [2.05, 4.69) is 90.7 Å². The number of benzene rings is 3. The van der Waals surface area contributed by atoms with E-state index < -0.39 is 0 Å². The third-order valence-corrected chi connectivity index (χ3v) is 7.02. The van der Waals surface area contributed by atoms with Gasteiger partial charge in [0.2, 0.25) is 0 Å². The van der Waals surface area contributed by atoms with Gasteiger partial charge in [0.1, 0.15) is 5.82 Å². The van der Waals surface area contributed by atoms with Gasteiger partial charge in [-0.2, -0.15) is 0 Å². The number of hydrogen-bond donors (Lipinski definition) is 1. The average Bonchev–Trinajstić information content (AvgIpc) is 3.58. The van der Waals surface area contributed by atoms with Crippen LogP contribution in [-0.2, 0) is 7.05 Å². The second-order valence-electron chi connectivity index (χ2n) is 10.0. The van der Waals surface area contributed by atoms with Gasteiger partial charge in [-0.15, -0.1) is 0 Å². The molecule has 0 spiro atoms. The molecular formula is C29H29N5. The molecule has 1 N–H and O–H groups in total. The van der Waals surface area contributed by atoms with Crippen molar-refractivity contribution in [3.05, 3.63) is 66.5 Å². The van der Waals surface area contributed by atoms with Crippen molar-refractivity contribution in [3.8, 4) is 11.3 Å². The highest BCUT2D eigenvalue weighted by molar-refractivity contribution is 6.24. The Morgan fingerprint density at radius 2 is 1.59 bits per heavy atom. The van der Waals surface area contributed by atoms with E-state index in [1.165, 1.54) is 38.4 Å². The Balaban J connectivity index is 1.54. The number of rotatable bonds is 4. The van der Waals surface area contributed by atoms with Crippen LogP contribution < -0.4 is 0 Å². The van der Waals surface area contributed by atoms with E-state index in [4.69, 9.17) is 4.98 Å². The first-order valence-electron chi connectivity index (χ1n) is 12.0. The van der Waals surface area contributed by atoms with E-state index in [0.717, 1.165) is 34.5 Å². The number of allylic oxidation sites excluding steroid dienone is 1. The van der Waals surface area contributed by atoms with Gasteiger partial charge in [0.15, 0.2) is 0 Å². The number of nitrogens with zero attached hydrogens (tertiary/aromatic N) is 4. The normalized spacial score (nSPS) is 14.2. The number of nitrogens with one attached hydrogen (secondary N) is 1. The highest BCUT2D eigenvalue weighted by atomic mass is 15.0. The molecule has 0 saturated heterocycles. The van der Waals surface area contributed by atoms with Crippen LogP contribution in [0.4, 0.5) is 0 Å². The predicted molar refractivity (Wildman–Crippen MR) is 142 cm³/mol. The summed E-state index contributed by atoms with van der Waals surface area (Å²) in [6.45, 7) is 8.72. The van der Waals surface area contributed by atoms with Crippen LogP contribution in [0.3, 0.4) is 0 Å². The number of aromatic amines is 1. The molecule has 5 heteroatoms. The van der Waals surface area contributed by atoms with Gasteiger partial charge in [-0.05, 0) is 40.0 Å². The Labute approximate surface area is 199 Å². The molecule has 1 aliphatic heterocycles. The van der Waals surface area contributed by atoms with Crippen LogP contribution in [0.1, 0.15) is 51.4 Å². The van der Waals surface area contributed by atoms with Crippen molar-refractivity contribution in [1.29, 1.82) is 0 Å². The third-order valence-electron chi connectivity index (χ3n) is 7.02. The summed E-state index contributed by atoms with van der Waals surface area (Å²) in [6, 6.07) is 13.5. The van der Waals surface area contributed by atoms with Crippen LogP contribution in [0.5, 0.6) is 0 Å². The summed E-state index contributed by atoms with van der Waals surface area (Å²) < 4.78 is 2.13. The summed E-state index contributed by atoms with van der Waals surface area (Å²) in [5.41, 5.74) is 8.15. The summed E-state index contributed by atoms with van der Waals surface area (Å²) >= 11 is 0. The third kappa shape index (κ3) is 3.18. The lowest BCUT2D eigenvalue weighted by atomic mass is 9.93. The first kappa shape index (κ1) is 20.8. The smallest absolute Gasteiger partial charge is 0.109 e. The van der Waals surface area contributed by atoms with Crippen LogP contribution in [-0.4, -0.2) is 25.2 Å². The first-order valence-corrected chi connectivity index (χ1v) is 12.0. The van der Waals surface area contributed by atoms with Crippen molar-refractivity contribution >= 4 is 43.9 Å². The molecule has 34 heavy (non-hydrogen) atoms. The zero-order valence-electron chi connectivity index (χ0n) is 20.3. The molecule has 5 aromatic rings. The van der Waals surface area contributed by atoms with E-state index in [-0.39, 0.29) is 0 Å². The zero-order chi connectivity index (χ0) is 23.6. The van der Waals surface area contributed by atoms with Crippen LogP contribution in [0.15, 0.2) is 60.1 Å². The molecule has 1 aliphatic rings. The number of H-pyrrole nitrogens is 1. The molecule has 0 unspecified atom stereocenters. The molecule has 3 heterocycles. The second-order valence-corrected chi connectivity index (χ2v) is 10.0. The fourth-order valence-corrected chi connectivity index (χ4v) is 5.02. The standard InChI is InChI=1S/C29H29N5/c1-16(2)25-12-20(13-30-25)18-6-8-21-22-9-7-19(26-14-31-29(33-26)17(3)4)11-24(22)28-27(23(21)10-18)32-15-34(28)5/h6-11,13-17H,12H2,1-5H3,(H,31,33). The minimum Gasteiger partial charge on any atom is -0.342 e. The van der Waals surface area contributed by atoms with Crippen molar-refractivity contribution in [3.63, 3.8) is 0 Å². The summed E-state index contributed by atoms with van der Waals surface area (Å²) in [4.78, 5) is 17.6. The highest BCUT2D eigenvalue weighted by Crippen LogP contribution is 2.38. The van der Waals surface area contributed by atoms with E-state index in [1.54, 1.807) is 0 Å². The minimum absolute atomic E-state index is 0.369. The lowest BCUT2D eigenvalue weighted by molar-refractivity contribution is 0.795. The van der Waals surface area contributed by atoms with E-state index in [0.29, 0.717) is 11.8 Å². The summed E-state index contributed by atoms with van der Waals surface area (Å²) in [5.74, 6) is 1.85. The second kappa shape index (κ2) is 7.66. The number of imidazole rings is 2. The topological polar surface area (TPSA) is 58.9 Å². The predicted octanol–water partition coefficient (Wildman–Crippen LogP) is 7.23. The number of aromatic nitrogens is 4. The lowest BCUT2D eigenvalue weighted by Crippen LogP contribution is -2.04. The van der Waals surface area contributed by atoms with Crippen molar-refractivity contribution in [1.82, 2.24) is 19.5 Å². The van der Waals surface area contributed by atoms with E-state index in [9.17, 15) is 0 Å². The molecule has 0 amide bonds. The summed E-state index contributed by atoms with van der Waals surface area (Å²) in [6.07, 6.45) is 6.82. The molecule has 0 fully saturated rings. The molecule has 6 rings (SSSR count). The molecular weight excluding hydrogens is 418 g/mol. The molecule has 0 radical (unpaired) electrons.